The molecule has 4 heteroatoms. The van der Waals surface area contributed by atoms with E-state index in [4.69, 9.17) is 5.73 Å². The number of nitrogens with one attached hydrogen (secondary N) is 2. The summed E-state index contributed by atoms with van der Waals surface area (Å²) < 4.78 is 0. The largest absolute Gasteiger partial charge is 0.366 e. The predicted molar refractivity (Wildman–Crippen MR) is 45.4 cm³/mol. The molecule has 1 amide bonds. The lowest BCUT2D eigenvalue weighted by molar-refractivity contribution is -0.114. The second kappa shape index (κ2) is 2.88. The van der Waals surface area contributed by atoms with E-state index >= 15 is 0 Å². The molecular formula is C8H13N3O. The summed E-state index contributed by atoms with van der Waals surface area (Å²) in [6, 6.07) is 0.494. The van der Waals surface area contributed by atoms with Crippen LogP contribution in [0.5, 0.6) is 0 Å². The van der Waals surface area contributed by atoms with E-state index in [9.17, 15) is 4.79 Å². The first-order valence-electron chi connectivity index (χ1n) is 4.22. The summed E-state index contributed by atoms with van der Waals surface area (Å²) in [4.78, 5) is 10.8. The quantitative estimate of drug-likeness (QED) is 0.449. The lowest BCUT2D eigenvalue weighted by Gasteiger charge is -2.23. The van der Waals surface area contributed by atoms with Crippen molar-refractivity contribution in [3.8, 4) is 0 Å². The molecule has 2 rings (SSSR count). The van der Waals surface area contributed by atoms with E-state index in [1.807, 2.05) is 6.08 Å². The molecule has 0 saturated carbocycles. The number of carbonyl (C=O) groups excluding carboxylic acids is 1. The normalized spacial score (nSPS) is 34.2. The Morgan fingerprint density at radius 3 is 3.17 bits per heavy atom. The molecule has 2 atom stereocenters. The molecule has 0 aliphatic carbocycles. The number of primary amides is 1. The molecule has 0 bridgehead atoms. The van der Waals surface area contributed by atoms with Crippen molar-refractivity contribution in [3.63, 3.8) is 0 Å². The van der Waals surface area contributed by atoms with Crippen LogP contribution in [0.15, 0.2) is 11.6 Å². The number of hydrogen-bond acceptors (Lipinski definition) is 3. The topological polar surface area (TPSA) is 67.2 Å². The Hall–Kier alpha value is -0.870. The van der Waals surface area contributed by atoms with E-state index in [2.05, 4.69) is 10.6 Å². The van der Waals surface area contributed by atoms with Gasteiger partial charge in [0.05, 0.1) is 0 Å². The third-order valence-corrected chi connectivity index (χ3v) is 2.55. The number of carbonyl (C=O) groups is 1. The molecule has 66 valence electrons. The van der Waals surface area contributed by atoms with Gasteiger partial charge in [0.25, 0.3) is 0 Å². The zero-order valence-corrected chi connectivity index (χ0v) is 6.84. The van der Waals surface area contributed by atoms with Crippen LogP contribution in [0.4, 0.5) is 0 Å². The van der Waals surface area contributed by atoms with E-state index in [1.165, 1.54) is 0 Å². The Morgan fingerprint density at radius 1 is 1.58 bits per heavy atom. The van der Waals surface area contributed by atoms with Gasteiger partial charge in [0, 0.05) is 37.2 Å². The Labute approximate surface area is 71.2 Å². The maximum Gasteiger partial charge on any atom is 0.245 e. The summed E-state index contributed by atoms with van der Waals surface area (Å²) in [6.45, 7) is 2.57. The molecule has 1 fully saturated rings. The van der Waals surface area contributed by atoms with Crippen molar-refractivity contribution in [1.29, 1.82) is 0 Å². The first kappa shape index (κ1) is 7.76. The van der Waals surface area contributed by atoms with Gasteiger partial charge >= 0.3 is 0 Å². The summed E-state index contributed by atoms with van der Waals surface area (Å²) in [6.07, 6.45) is 2.00. The average molecular weight is 167 g/mol. The van der Waals surface area contributed by atoms with Crippen molar-refractivity contribution < 1.29 is 4.79 Å². The highest BCUT2D eigenvalue weighted by Crippen LogP contribution is 2.17. The van der Waals surface area contributed by atoms with Gasteiger partial charge in [-0.2, -0.15) is 0 Å². The second-order valence-corrected chi connectivity index (χ2v) is 3.37. The van der Waals surface area contributed by atoms with E-state index < -0.39 is 0 Å². The third-order valence-electron chi connectivity index (χ3n) is 2.55. The van der Waals surface area contributed by atoms with Crippen molar-refractivity contribution in [1.82, 2.24) is 10.6 Å². The van der Waals surface area contributed by atoms with Crippen LogP contribution in [0.25, 0.3) is 0 Å². The van der Waals surface area contributed by atoms with E-state index in [0.29, 0.717) is 18.5 Å². The molecule has 1 saturated heterocycles. The molecule has 2 aliphatic rings. The molecule has 0 radical (unpaired) electrons. The smallest absolute Gasteiger partial charge is 0.245 e. The van der Waals surface area contributed by atoms with Gasteiger partial charge < -0.3 is 16.4 Å². The molecule has 0 aromatic carbocycles. The minimum atomic E-state index is -0.298. The average Bonchev–Trinajstić information content (AvgIpc) is 2.49. The minimum Gasteiger partial charge on any atom is -0.366 e. The number of rotatable bonds is 1. The third kappa shape index (κ3) is 1.23. The minimum absolute atomic E-state index is 0.298. The Morgan fingerprint density at radius 2 is 2.42 bits per heavy atom. The highest BCUT2D eigenvalue weighted by molar-refractivity contribution is 5.92. The maximum atomic E-state index is 10.8. The first-order chi connectivity index (χ1) is 5.77. The van der Waals surface area contributed by atoms with Crippen molar-refractivity contribution in [2.24, 2.45) is 11.7 Å². The highest BCUT2D eigenvalue weighted by Gasteiger charge is 2.29. The van der Waals surface area contributed by atoms with Gasteiger partial charge in [-0.3, -0.25) is 4.79 Å². The summed E-state index contributed by atoms with van der Waals surface area (Å²) in [5.74, 6) is 0.147. The summed E-state index contributed by atoms with van der Waals surface area (Å²) in [7, 11) is 0. The number of fused-ring (bicyclic) bond motifs is 1. The summed E-state index contributed by atoms with van der Waals surface area (Å²) >= 11 is 0. The van der Waals surface area contributed by atoms with Gasteiger partial charge in [-0.1, -0.05) is 6.08 Å². The van der Waals surface area contributed by atoms with Crippen molar-refractivity contribution in [3.05, 3.63) is 11.6 Å². The zero-order chi connectivity index (χ0) is 8.55. The summed E-state index contributed by atoms with van der Waals surface area (Å²) in [5.41, 5.74) is 5.90. The monoisotopic (exact) mass is 167 g/mol. The number of amides is 1. The van der Waals surface area contributed by atoms with Crippen LogP contribution in [0.1, 0.15) is 0 Å². The van der Waals surface area contributed by atoms with Crippen LogP contribution >= 0.6 is 0 Å². The number of nitrogens with two attached hydrogens (primary N) is 1. The van der Waals surface area contributed by atoms with Crippen LogP contribution in [0, 0.1) is 5.92 Å². The van der Waals surface area contributed by atoms with Crippen LogP contribution in [-0.2, 0) is 4.79 Å². The van der Waals surface area contributed by atoms with Crippen LogP contribution < -0.4 is 16.4 Å². The van der Waals surface area contributed by atoms with Gasteiger partial charge in [0.15, 0.2) is 0 Å². The molecule has 2 aliphatic heterocycles. The zero-order valence-electron chi connectivity index (χ0n) is 6.84. The molecule has 12 heavy (non-hydrogen) atoms. The lowest BCUT2D eigenvalue weighted by Crippen LogP contribution is -2.42. The van der Waals surface area contributed by atoms with Crippen molar-refractivity contribution in [2.45, 2.75) is 6.04 Å². The van der Waals surface area contributed by atoms with Crippen molar-refractivity contribution in [2.75, 3.05) is 19.6 Å². The van der Waals surface area contributed by atoms with Crippen LogP contribution in [0.2, 0.25) is 0 Å². The lowest BCUT2D eigenvalue weighted by atomic mass is 9.96. The molecule has 0 aromatic rings. The van der Waals surface area contributed by atoms with E-state index in [0.717, 1.165) is 18.7 Å². The fourth-order valence-electron chi connectivity index (χ4n) is 1.83. The summed E-state index contributed by atoms with van der Waals surface area (Å²) in [5, 5.41) is 6.55. The second-order valence-electron chi connectivity index (χ2n) is 3.37. The fraction of sp³-hybridized carbons (Fsp3) is 0.625. The maximum absolute atomic E-state index is 10.8. The molecule has 0 aromatic heterocycles. The SMILES string of the molecule is NC(=O)C1=CC2CNCC2NC1. The van der Waals surface area contributed by atoms with Crippen LogP contribution in [-0.4, -0.2) is 31.6 Å². The Kier molecular flexibility index (Phi) is 1.86. The predicted octanol–water partition coefficient (Wildman–Crippen LogP) is -1.41. The van der Waals surface area contributed by atoms with Gasteiger partial charge in [-0.15, -0.1) is 0 Å². The number of hydrogen-bond donors (Lipinski definition) is 3. The Balaban J connectivity index is 2.14. The van der Waals surface area contributed by atoms with Gasteiger partial charge in [0.1, 0.15) is 0 Å². The van der Waals surface area contributed by atoms with Crippen molar-refractivity contribution >= 4 is 5.91 Å². The van der Waals surface area contributed by atoms with E-state index in [-0.39, 0.29) is 5.91 Å². The highest BCUT2D eigenvalue weighted by atomic mass is 16.1. The fourth-order valence-corrected chi connectivity index (χ4v) is 1.83. The Bertz CT molecular complexity index is 236. The molecule has 4 nitrogen and oxygen atoms in total. The molecule has 4 N–H and O–H groups in total. The first-order valence-corrected chi connectivity index (χ1v) is 4.22. The van der Waals surface area contributed by atoms with Gasteiger partial charge in [-0.25, -0.2) is 0 Å². The molecule has 0 spiro atoms. The molecular weight excluding hydrogens is 154 g/mol. The van der Waals surface area contributed by atoms with Gasteiger partial charge in [-0.05, 0) is 0 Å². The van der Waals surface area contributed by atoms with E-state index in [1.54, 1.807) is 0 Å². The molecule has 2 heterocycles. The van der Waals surface area contributed by atoms with Crippen LogP contribution in [0.3, 0.4) is 0 Å². The standard InChI is InChI=1S/C8H13N3O/c9-8(12)6-1-5-2-10-4-7(5)11-3-6/h1,5,7,10-11H,2-4H2,(H2,9,12). The molecule has 2 unspecified atom stereocenters. The van der Waals surface area contributed by atoms with Gasteiger partial charge in [0.2, 0.25) is 5.91 Å².